The van der Waals surface area contributed by atoms with Gasteiger partial charge >= 0.3 is 7.60 Å². The molecule has 58 heavy (non-hydrogen) atoms. The number of benzene rings is 1. The van der Waals surface area contributed by atoms with Crippen LogP contribution in [0.4, 0.5) is 0 Å². The van der Waals surface area contributed by atoms with Gasteiger partial charge in [0.25, 0.3) is 0 Å². The Labute approximate surface area is 336 Å². The van der Waals surface area contributed by atoms with Gasteiger partial charge in [-0.3, -0.25) is 43.0 Å². The Balaban J connectivity index is 1.71. The van der Waals surface area contributed by atoms with Gasteiger partial charge in [0.15, 0.2) is 11.6 Å². The molecule has 0 radical (unpaired) electrons. The lowest BCUT2D eigenvalue weighted by Crippen LogP contribution is -2.52. The van der Waals surface area contributed by atoms with Gasteiger partial charge in [-0.05, 0) is 30.2 Å². The van der Waals surface area contributed by atoms with Gasteiger partial charge in [0.1, 0.15) is 18.2 Å². The van der Waals surface area contributed by atoms with E-state index >= 15 is 0 Å². The number of Topliss-reactive ketones (excluding diaryl/α,β-unsaturated/α-hetero) is 2. The van der Waals surface area contributed by atoms with E-state index in [4.69, 9.17) is 10.6 Å². The van der Waals surface area contributed by atoms with Crippen LogP contribution in [0, 0.1) is 23.7 Å². The molecule has 0 aliphatic carbocycles. The van der Waals surface area contributed by atoms with Crippen LogP contribution in [0.1, 0.15) is 71.1 Å². The highest BCUT2D eigenvalue weighted by Crippen LogP contribution is 2.39. The summed E-state index contributed by atoms with van der Waals surface area (Å²) in [5.74, 6) is -8.15. The van der Waals surface area contributed by atoms with Crippen LogP contribution in [0.5, 0.6) is 0 Å². The molecule has 19 nitrogen and oxygen atoms in total. The first kappa shape index (κ1) is 47.6. The number of primary amides is 1. The van der Waals surface area contributed by atoms with Crippen molar-refractivity contribution < 1.29 is 57.9 Å². The van der Waals surface area contributed by atoms with Crippen molar-refractivity contribution in [3.05, 3.63) is 54.1 Å². The van der Waals surface area contributed by atoms with Crippen molar-refractivity contribution in [1.29, 1.82) is 0 Å². The summed E-state index contributed by atoms with van der Waals surface area (Å²) in [6, 6.07) is 5.73. The van der Waals surface area contributed by atoms with Crippen LogP contribution in [0.3, 0.4) is 0 Å². The molecule has 0 saturated carbocycles. The number of aliphatic hydroxyl groups excluding tert-OH is 1. The van der Waals surface area contributed by atoms with Gasteiger partial charge in [-0.2, -0.15) is 0 Å². The summed E-state index contributed by atoms with van der Waals surface area (Å²) in [5, 5.41) is 15.3. The summed E-state index contributed by atoms with van der Waals surface area (Å²) in [7, 11) is -4.57. The number of ketones is 2. The number of likely N-dealkylation sites (tertiary alicyclic amines) is 1. The van der Waals surface area contributed by atoms with Gasteiger partial charge < -0.3 is 41.1 Å². The Morgan fingerprint density at radius 2 is 1.69 bits per heavy atom. The van der Waals surface area contributed by atoms with Crippen LogP contribution in [-0.2, 0) is 55.8 Å². The van der Waals surface area contributed by atoms with Crippen molar-refractivity contribution in [1.82, 2.24) is 31.0 Å². The molecule has 0 spiro atoms. The van der Waals surface area contributed by atoms with Gasteiger partial charge in [-0.25, -0.2) is 10.5 Å². The lowest BCUT2D eigenvalue weighted by molar-refractivity contribution is -0.139. The fraction of sp³-hybridized carbons (Fsp3) is 0.579. The normalized spacial score (nSPS) is 18.1. The van der Waals surface area contributed by atoms with E-state index in [1.54, 1.807) is 0 Å². The Morgan fingerprint density at radius 1 is 1.02 bits per heavy atom. The fourth-order valence-electron chi connectivity index (χ4n) is 6.86. The monoisotopic (exact) mass is 833 g/mol. The number of carbonyl (C=O) groups is 7. The first-order chi connectivity index (χ1) is 27.3. The largest absolute Gasteiger partial charge is 0.394 e. The Kier molecular flexibility index (Phi) is 18.3. The topological polar surface area (TPSA) is 301 Å². The second-order valence-corrected chi connectivity index (χ2v) is 17.0. The number of nitrogens with zero attached hydrogens (tertiary/aromatic N) is 2. The van der Waals surface area contributed by atoms with Crippen LogP contribution >= 0.6 is 7.60 Å². The first-order valence-corrected chi connectivity index (χ1v) is 20.9. The van der Waals surface area contributed by atoms with Crippen molar-refractivity contribution in [3.63, 3.8) is 0 Å². The minimum absolute atomic E-state index is 0.00905. The molecule has 1 aromatic heterocycles. The van der Waals surface area contributed by atoms with Crippen LogP contribution in [0.15, 0.2) is 42.9 Å². The molecule has 1 aromatic carbocycles. The van der Waals surface area contributed by atoms with E-state index in [0.717, 1.165) is 5.56 Å². The van der Waals surface area contributed by atoms with Crippen LogP contribution < -0.4 is 21.8 Å². The highest BCUT2D eigenvalue weighted by atomic mass is 31.2. The highest BCUT2D eigenvalue weighted by Gasteiger charge is 2.41. The minimum Gasteiger partial charge on any atom is -0.394 e. The second-order valence-electron chi connectivity index (χ2n) is 15.3. The second kappa shape index (κ2) is 22.4. The van der Waals surface area contributed by atoms with E-state index in [9.17, 15) is 53.0 Å². The highest BCUT2D eigenvalue weighted by molar-refractivity contribution is 7.51. The summed E-state index contributed by atoms with van der Waals surface area (Å²) in [4.78, 5) is 124. The zero-order chi connectivity index (χ0) is 43.2. The number of aliphatic hydroxyl groups is 1. The average Bonchev–Trinajstić information content (AvgIpc) is 3.83. The maximum atomic E-state index is 14.0. The number of aryl methyl sites for hydroxylation is 1. The van der Waals surface area contributed by atoms with Gasteiger partial charge in [0.2, 0.25) is 29.5 Å². The molecule has 20 heteroatoms. The molecule has 0 bridgehead atoms. The summed E-state index contributed by atoms with van der Waals surface area (Å²) < 4.78 is 11.5. The smallest absolute Gasteiger partial charge is 0.325 e. The number of hydrogen-bond donors (Lipinski definition) is 8. The van der Waals surface area contributed by atoms with Gasteiger partial charge in [-0.1, -0.05) is 51.1 Å². The maximum absolute atomic E-state index is 14.0. The summed E-state index contributed by atoms with van der Waals surface area (Å²) in [5.41, 5.74) is 9.28. The summed E-state index contributed by atoms with van der Waals surface area (Å²) in [6.07, 6.45) is 1.10. The zero-order valence-corrected chi connectivity index (χ0v) is 34.1. The molecule has 1 saturated heterocycles. The molecule has 0 unspecified atom stereocenters. The quantitative estimate of drug-likeness (QED) is 0.0514. The Morgan fingerprint density at radius 3 is 2.26 bits per heavy atom. The van der Waals surface area contributed by atoms with Crippen LogP contribution in [-0.4, -0.2) is 114 Å². The van der Waals surface area contributed by atoms with Crippen molar-refractivity contribution in [3.8, 4) is 0 Å². The van der Waals surface area contributed by atoms with E-state index in [1.807, 2.05) is 44.2 Å². The maximum Gasteiger partial charge on any atom is 0.325 e. The predicted molar refractivity (Wildman–Crippen MR) is 208 cm³/mol. The fourth-order valence-corrected chi connectivity index (χ4v) is 7.86. The summed E-state index contributed by atoms with van der Waals surface area (Å²) in [6.45, 7) is 5.42. The molecule has 1 aliphatic rings. The molecule has 320 valence electrons. The minimum atomic E-state index is -4.57. The number of imidazole rings is 1. The van der Waals surface area contributed by atoms with Crippen LogP contribution in [0.25, 0.3) is 0 Å². The molecule has 2 aromatic rings. The third-order valence-corrected chi connectivity index (χ3v) is 11.0. The molecule has 9 N–H and O–H groups in total. The van der Waals surface area contributed by atoms with Gasteiger partial charge in [0.05, 0.1) is 37.6 Å². The first-order valence-electron chi connectivity index (χ1n) is 19.1. The molecule has 7 atom stereocenters. The number of carbonyl (C=O) groups excluding carboxylic acids is 7. The van der Waals surface area contributed by atoms with Gasteiger partial charge in [0, 0.05) is 56.8 Å². The number of hydroxylamine groups is 1. The number of hydrogen-bond acceptors (Lipinski definition) is 11. The predicted octanol–water partition coefficient (Wildman–Crippen LogP) is 0.0801. The van der Waals surface area contributed by atoms with Crippen molar-refractivity contribution in [2.75, 3.05) is 19.3 Å². The summed E-state index contributed by atoms with van der Waals surface area (Å²) >= 11 is 0. The third-order valence-electron chi connectivity index (χ3n) is 9.93. The van der Waals surface area contributed by atoms with Gasteiger partial charge in [-0.15, -0.1) is 0 Å². The average molecular weight is 834 g/mol. The van der Waals surface area contributed by atoms with E-state index in [1.165, 1.54) is 31.3 Å². The zero-order valence-electron chi connectivity index (χ0n) is 33.2. The number of aromatic amines is 1. The molecule has 5 amide bonds. The number of rotatable bonds is 24. The SMILES string of the molecule is CC(=O)N1C[C@H](ONC(=O)CCc2ccccc2)C[C@H]1C(=O)N[C@@H](CC(C)C)C(=O)C[C@@H](Cc1cnc[nH]1)C(=O)N[C@@H](CO)C(=O)C[C@H](C(N)=O)[C@@H](C)CP(=O)(O)O. The number of amides is 5. The van der Waals surface area contributed by atoms with Crippen LogP contribution in [0.2, 0.25) is 0 Å². The molecular formula is C38H56N7O12P. The van der Waals surface area contributed by atoms with E-state index in [2.05, 4.69) is 26.1 Å². The lowest BCUT2D eigenvalue weighted by atomic mass is 9.87. The number of H-pyrrole nitrogens is 1. The third kappa shape index (κ3) is 15.5. The Bertz CT molecular complexity index is 1770. The number of aromatic nitrogens is 2. The molecule has 1 fully saturated rings. The van der Waals surface area contributed by atoms with E-state index < -0.39 is 110 Å². The van der Waals surface area contributed by atoms with Crippen molar-refractivity contribution >= 4 is 48.7 Å². The lowest BCUT2D eigenvalue weighted by Gasteiger charge is -2.27. The van der Waals surface area contributed by atoms with Crippen molar-refractivity contribution in [2.45, 2.75) is 96.9 Å². The van der Waals surface area contributed by atoms with E-state index in [0.29, 0.717) is 12.1 Å². The molecule has 2 heterocycles. The number of nitrogens with two attached hydrogens (primary N) is 1. The molecule has 3 rings (SSSR count). The molecular weight excluding hydrogens is 777 g/mol. The Hall–Kier alpha value is -4.81. The molecule has 1 aliphatic heterocycles. The number of nitrogens with one attached hydrogen (secondary N) is 4. The van der Waals surface area contributed by atoms with Crippen molar-refractivity contribution in [2.24, 2.45) is 29.4 Å². The van der Waals surface area contributed by atoms with E-state index in [-0.39, 0.29) is 44.1 Å². The standard InChI is InChI=1S/C38H56N7O12P/c1-22(2)12-30(42-38(53)32-15-28(18-45(32)24(4)47)57-44-35(50)11-10-25-8-6-5-7-9-25)33(48)14-26(13-27-17-40-21-41-27)37(52)43-31(19-46)34(49)16-29(36(39)51)23(3)20-58(54,55)56/h5-9,17,21-23,26,28-32,46H,10-16,18-20H2,1-4H3,(H2,39,51)(H,40,41)(H,42,53)(H,43,52)(H,44,50)(H2,54,55,56)/t23-,26+,28+,29-,30-,31-,32-/m0/s1.